The SMILES string of the molecule is O=C(N/N=C\c1ccccc1)C(=O)NC1CCCCCC1. The average Bonchev–Trinajstić information content (AvgIpc) is 2.77. The van der Waals surface area contributed by atoms with Crippen molar-refractivity contribution >= 4 is 18.0 Å². The van der Waals surface area contributed by atoms with Gasteiger partial charge in [-0.25, -0.2) is 5.43 Å². The number of rotatable bonds is 3. The zero-order valence-electron chi connectivity index (χ0n) is 12.0. The summed E-state index contributed by atoms with van der Waals surface area (Å²) in [6.45, 7) is 0. The summed E-state index contributed by atoms with van der Waals surface area (Å²) in [6.07, 6.45) is 8.05. The molecular formula is C16H21N3O2. The summed E-state index contributed by atoms with van der Waals surface area (Å²) in [4.78, 5) is 23.4. The summed E-state index contributed by atoms with van der Waals surface area (Å²) < 4.78 is 0. The normalized spacial score (nSPS) is 16.4. The Morgan fingerprint density at radius 2 is 1.67 bits per heavy atom. The number of carbonyl (C=O) groups excluding carboxylic acids is 2. The van der Waals surface area contributed by atoms with Crippen molar-refractivity contribution in [2.45, 2.75) is 44.6 Å². The zero-order chi connectivity index (χ0) is 14.9. The molecule has 0 saturated heterocycles. The van der Waals surface area contributed by atoms with Gasteiger partial charge in [-0.15, -0.1) is 0 Å². The Bertz CT molecular complexity index is 492. The van der Waals surface area contributed by atoms with E-state index in [4.69, 9.17) is 0 Å². The Morgan fingerprint density at radius 1 is 1.00 bits per heavy atom. The number of nitrogens with zero attached hydrogens (tertiary/aromatic N) is 1. The van der Waals surface area contributed by atoms with Gasteiger partial charge in [-0.2, -0.15) is 5.10 Å². The van der Waals surface area contributed by atoms with Gasteiger partial charge in [0, 0.05) is 6.04 Å². The van der Waals surface area contributed by atoms with E-state index in [0.717, 1.165) is 31.2 Å². The lowest BCUT2D eigenvalue weighted by atomic mass is 10.1. The Balaban J connectivity index is 1.77. The molecule has 0 atom stereocenters. The summed E-state index contributed by atoms with van der Waals surface area (Å²) in [5.41, 5.74) is 3.12. The van der Waals surface area contributed by atoms with Crippen molar-refractivity contribution < 1.29 is 9.59 Å². The third-order valence-electron chi connectivity index (χ3n) is 3.58. The standard InChI is InChI=1S/C16H21N3O2/c20-15(18-14-10-6-1-2-7-11-14)16(21)19-17-12-13-8-4-3-5-9-13/h3-5,8-9,12,14H,1-2,6-7,10-11H2,(H,18,20)(H,19,21)/b17-12-. The minimum atomic E-state index is -0.716. The maximum atomic E-state index is 11.8. The lowest BCUT2D eigenvalue weighted by Gasteiger charge is -2.14. The molecule has 2 amide bonds. The number of benzene rings is 1. The Kier molecular flexibility index (Phi) is 5.94. The van der Waals surface area contributed by atoms with E-state index in [9.17, 15) is 9.59 Å². The molecule has 21 heavy (non-hydrogen) atoms. The molecule has 1 fully saturated rings. The molecule has 0 bridgehead atoms. The predicted octanol–water partition coefficient (Wildman–Crippen LogP) is 1.98. The van der Waals surface area contributed by atoms with Crippen LogP contribution in [-0.4, -0.2) is 24.1 Å². The van der Waals surface area contributed by atoms with Crippen LogP contribution >= 0.6 is 0 Å². The third kappa shape index (κ3) is 5.38. The molecule has 0 heterocycles. The highest BCUT2D eigenvalue weighted by Crippen LogP contribution is 2.16. The van der Waals surface area contributed by atoms with Crippen molar-refractivity contribution in [2.24, 2.45) is 5.10 Å². The first-order chi connectivity index (χ1) is 10.3. The maximum Gasteiger partial charge on any atom is 0.329 e. The first-order valence-corrected chi connectivity index (χ1v) is 7.44. The van der Waals surface area contributed by atoms with E-state index in [0.29, 0.717) is 0 Å². The van der Waals surface area contributed by atoms with Crippen LogP contribution in [0.1, 0.15) is 44.1 Å². The average molecular weight is 287 g/mol. The van der Waals surface area contributed by atoms with Gasteiger partial charge in [-0.05, 0) is 18.4 Å². The quantitative estimate of drug-likeness (QED) is 0.386. The van der Waals surface area contributed by atoms with E-state index < -0.39 is 11.8 Å². The topological polar surface area (TPSA) is 70.6 Å². The van der Waals surface area contributed by atoms with Gasteiger partial charge in [0.1, 0.15) is 0 Å². The van der Waals surface area contributed by atoms with Gasteiger partial charge in [-0.3, -0.25) is 9.59 Å². The van der Waals surface area contributed by atoms with Crippen molar-refractivity contribution in [3.8, 4) is 0 Å². The highest BCUT2D eigenvalue weighted by molar-refractivity contribution is 6.35. The molecule has 0 unspecified atom stereocenters. The molecule has 1 aliphatic rings. The highest BCUT2D eigenvalue weighted by Gasteiger charge is 2.19. The van der Waals surface area contributed by atoms with E-state index in [1.54, 1.807) is 0 Å². The molecule has 5 heteroatoms. The first-order valence-electron chi connectivity index (χ1n) is 7.44. The van der Waals surface area contributed by atoms with Gasteiger partial charge in [0.05, 0.1) is 6.21 Å². The van der Waals surface area contributed by atoms with Crippen molar-refractivity contribution in [1.29, 1.82) is 0 Å². The minimum absolute atomic E-state index is 0.115. The van der Waals surface area contributed by atoms with Gasteiger partial charge in [0.15, 0.2) is 0 Å². The fourth-order valence-corrected chi connectivity index (χ4v) is 2.43. The molecule has 0 radical (unpaired) electrons. The predicted molar refractivity (Wildman–Crippen MR) is 81.8 cm³/mol. The zero-order valence-corrected chi connectivity index (χ0v) is 12.0. The Labute approximate surface area is 124 Å². The van der Waals surface area contributed by atoms with E-state index in [-0.39, 0.29) is 6.04 Å². The molecule has 0 aromatic heterocycles. The number of carbonyl (C=O) groups is 2. The van der Waals surface area contributed by atoms with Gasteiger partial charge in [0.25, 0.3) is 0 Å². The lowest BCUT2D eigenvalue weighted by Crippen LogP contribution is -2.43. The van der Waals surface area contributed by atoms with Gasteiger partial charge < -0.3 is 5.32 Å². The van der Waals surface area contributed by atoms with Crippen LogP contribution in [0.5, 0.6) is 0 Å². The third-order valence-corrected chi connectivity index (χ3v) is 3.58. The fraction of sp³-hybridized carbons (Fsp3) is 0.438. The summed E-state index contributed by atoms with van der Waals surface area (Å²) in [5, 5.41) is 6.57. The molecule has 1 aliphatic carbocycles. The van der Waals surface area contributed by atoms with Gasteiger partial charge in [0.2, 0.25) is 0 Å². The number of amides is 2. The summed E-state index contributed by atoms with van der Waals surface area (Å²) >= 11 is 0. The largest absolute Gasteiger partial charge is 0.345 e. The molecule has 1 aromatic carbocycles. The van der Waals surface area contributed by atoms with Crippen LogP contribution in [0.15, 0.2) is 35.4 Å². The van der Waals surface area contributed by atoms with E-state index in [1.165, 1.54) is 19.1 Å². The summed E-state index contributed by atoms with van der Waals surface area (Å²) in [6, 6.07) is 9.49. The van der Waals surface area contributed by atoms with Crippen molar-refractivity contribution in [3.63, 3.8) is 0 Å². The van der Waals surface area contributed by atoms with Crippen molar-refractivity contribution in [3.05, 3.63) is 35.9 Å². The number of hydrogen-bond acceptors (Lipinski definition) is 3. The molecular weight excluding hydrogens is 266 g/mol. The van der Waals surface area contributed by atoms with Crippen LogP contribution in [0.3, 0.4) is 0 Å². The van der Waals surface area contributed by atoms with Gasteiger partial charge >= 0.3 is 11.8 Å². The molecule has 0 aliphatic heterocycles. The van der Waals surface area contributed by atoms with Crippen LogP contribution in [0, 0.1) is 0 Å². The molecule has 1 saturated carbocycles. The van der Waals surface area contributed by atoms with Crippen LogP contribution in [0.2, 0.25) is 0 Å². The van der Waals surface area contributed by atoms with Crippen LogP contribution < -0.4 is 10.7 Å². The first kappa shape index (κ1) is 15.2. The molecule has 112 valence electrons. The fourth-order valence-electron chi connectivity index (χ4n) is 2.43. The van der Waals surface area contributed by atoms with Crippen molar-refractivity contribution in [1.82, 2.24) is 10.7 Å². The van der Waals surface area contributed by atoms with Crippen LogP contribution in [0.4, 0.5) is 0 Å². The molecule has 1 aromatic rings. The second kappa shape index (κ2) is 8.19. The summed E-state index contributed by atoms with van der Waals surface area (Å²) in [7, 11) is 0. The number of hydrazone groups is 1. The van der Waals surface area contributed by atoms with E-state index in [1.807, 2.05) is 30.3 Å². The van der Waals surface area contributed by atoms with Crippen LogP contribution in [-0.2, 0) is 9.59 Å². The monoisotopic (exact) mass is 287 g/mol. The maximum absolute atomic E-state index is 11.8. The number of hydrogen-bond donors (Lipinski definition) is 2. The lowest BCUT2D eigenvalue weighted by molar-refractivity contribution is -0.139. The Morgan fingerprint density at radius 3 is 2.33 bits per heavy atom. The van der Waals surface area contributed by atoms with Crippen molar-refractivity contribution in [2.75, 3.05) is 0 Å². The highest BCUT2D eigenvalue weighted by atomic mass is 16.2. The van der Waals surface area contributed by atoms with Crippen LogP contribution in [0.25, 0.3) is 0 Å². The minimum Gasteiger partial charge on any atom is -0.345 e. The second-order valence-electron chi connectivity index (χ2n) is 5.27. The summed E-state index contributed by atoms with van der Waals surface area (Å²) in [5.74, 6) is -1.32. The smallest absolute Gasteiger partial charge is 0.329 e. The molecule has 0 spiro atoms. The Hall–Kier alpha value is -2.17. The number of nitrogens with one attached hydrogen (secondary N) is 2. The molecule has 2 rings (SSSR count). The second-order valence-corrected chi connectivity index (χ2v) is 5.27. The van der Waals surface area contributed by atoms with E-state index >= 15 is 0 Å². The molecule has 2 N–H and O–H groups in total. The van der Waals surface area contributed by atoms with Gasteiger partial charge in [-0.1, -0.05) is 56.0 Å². The van der Waals surface area contributed by atoms with E-state index in [2.05, 4.69) is 15.8 Å². The molecule has 5 nitrogen and oxygen atoms in total.